The predicted octanol–water partition coefficient (Wildman–Crippen LogP) is 2.92. The number of nitrogens with zero attached hydrogens (tertiary/aromatic N) is 6. The molecule has 3 heterocycles. The van der Waals surface area contributed by atoms with Crippen LogP contribution in [0.1, 0.15) is 32.0 Å². The van der Waals surface area contributed by atoms with Gasteiger partial charge in [0.25, 0.3) is 5.56 Å². The van der Waals surface area contributed by atoms with Crippen LogP contribution in [0.25, 0.3) is 10.9 Å². The van der Waals surface area contributed by atoms with Gasteiger partial charge < -0.3 is 4.74 Å². The van der Waals surface area contributed by atoms with Crippen LogP contribution in [0.15, 0.2) is 28.2 Å². The zero-order valence-electron chi connectivity index (χ0n) is 15.5. The summed E-state index contributed by atoms with van der Waals surface area (Å²) in [5.74, 6) is 1.28. The fraction of sp³-hybridized carbons (Fsp3) is 0.500. The molecule has 8 nitrogen and oxygen atoms in total. The maximum absolute atomic E-state index is 13.1. The van der Waals surface area contributed by atoms with Crippen LogP contribution in [-0.2, 0) is 23.6 Å². The highest BCUT2D eigenvalue weighted by molar-refractivity contribution is 7.98. The summed E-state index contributed by atoms with van der Waals surface area (Å²) in [6, 6.07) is 5.17. The van der Waals surface area contributed by atoms with Crippen LogP contribution in [0.3, 0.4) is 0 Å². The van der Waals surface area contributed by atoms with E-state index in [9.17, 15) is 4.79 Å². The Kier molecular flexibility index (Phi) is 5.93. The van der Waals surface area contributed by atoms with E-state index in [1.807, 2.05) is 0 Å². The molecule has 0 N–H and O–H groups in total. The van der Waals surface area contributed by atoms with E-state index >= 15 is 0 Å². The molecule has 28 heavy (non-hydrogen) atoms. The van der Waals surface area contributed by atoms with Gasteiger partial charge in [-0.3, -0.25) is 9.36 Å². The first-order valence-corrected chi connectivity index (χ1v) is 10.7. The molecule has 1 atom stereocenters. The summed E-state index contributed by atoms with van der Waals surface area (Å²) in [7, 11) is 0. The van der Waals surface area contributed by atoms with Gasteiger partial charge >= 0.3 is 0 Å². The molecule has 0 saturated carbocycles. The first kappa shape index (κ1) is 19.4. The number of aromatic nitrogens is 6. The highest BCUT2D eigenvalue weighted by Crippen LogP contribution is 2.24. The lowest BCUT2D eigenvalue weighted by Crippen LogP contribution is -2.28. The summed E-state index contributed by atoms with van der Waals surface area (Å²) in [4.78, 5) is 17.9. The van der Waals surface area contributed by atoms with Crippen LogP contribution in [0.4, 0.5) is 0 Å². The average Bonchev–Trinajstić information content (AvgIpc) is 3.35. The van der Waals surface area contributed by atoms with Crippen LogP contribution < -0.4 is 5.56 Å². The molecule has 0 amide bonds. The molecule has 0 aliphatic carbocycles. The smallest absolute Gasteiger partial charge is 0.262 e. The van der Waals surface area contributed by atoms with E-state index in [0.29, 0.717) is 33.4 Å². The Balaban J connectivity index is 1.69. The predicted molar refractivity (Wildman–Crippen MR) is 108 cm³/mol. The van der Waals surface area contributed by atoms with Crippen molar-refractivity contribution in [1.29, 1.82) is 0 Å². The third kappa shape index (κ3) is 4.06. The molecule has 3 aromatic rings. The van der Waals surface area contributed by atoms with Crippen molar-refractivity contribution in [3.8, 4) is 0 Å². The van der Waals surface area contributed by atoms with Gasteiger partial charge in [0.1, 0.15) is 0 Å². The summed E-state index contributed by atoms with van der Waals surface area (Å²) < 4.78 is 9.24. The molecule has 1 saturated heterocycles. The van der Waals surface area contributed by atoms with Gasteiger partial charge in [-0.15, -0.1) is 5.10 Å². The van der Waals surface area contributed by atoms with Crippen molar-refractivity contribution < 1.29 is 4.74 Å². The molecule has 0 bridgehead atoms. The molecule has 0 unspecified atom stereocenters. The Morgan fingerprint density at radius 3 is 3.07 bits per heavy atom. The number of hydrogen-bond acceptors (Lipinski definition) is 7. The molecule has 1 fully saturated rings. The monoisotopic (exact) mass is 420 g/mol. The standard InChI is InChI=1S/C18H21ClN6O2S/c1-2-7-25-16(21-22-23-25)11-28-18-20-15-9-12(19)5-6-14(15)17(26)24(18)10-13-4-3-8-27-13/h5-6,9,13H,2-4,7-8,10-11H2,1H3/t13-/m1/s1. The summed E-state index contributed by atoms with van der Waals surface area (Å²) >= 11 is 7.56. The number of tetrazole rings is 1. The van der Waals surface area contributed by atoms with E-state index in [-0.39, 0.29) is 11.7 Å². The Morgan fingerprint density at radius 1 is 1.39 bits per heavy atom. The van der Waals surface area contributed by atoms with Crippen LogP contribution in [0, 0.1) is 0 Å². The van der Waals surface area contributed by atoms with E-state index in [1.165, 1.54) is 11.8 Å². The molecule has 1 aliphatic heterocycles. The van der Waals surface area contributed by atoms with Crippen molar-refractivity contribution in [2.24, 2.45) is 0 Å². The van der Waals surface area contributed by atoms with Crippen LogP contribution in [-0.4, -0.2) is 42.5 Å². The molecule has 2 aromatic heterocycles. The molecule has 1 aliphatic rings. The molecule has 0 radical (unpaired) electrons. The lowest BCUT2D eigenvalue weighted by molar-refractivity contribution is 0.0937. The topological polar surface area (TPSA) is 87.7 Å². The zero-order valence-corrected chi connectivity index (χ0v) is 17.1. The number of rotatable bonds is 7. The van der Waals surface area contributed by atoms with Gasteiger partial charge in [-0.05, 0) is 47.9 Å². The quantitative estimate of drug-likeness (QED) is 0.429. The highest BCUT2D eigenvalue weighted by Gasteiger charge is 2.21. The Morgan fingerprint density at radius 2 is 2.29 bits per heavy atom. The summed E-state index contributed by atoms with van der Waals surface area (Å²) in [5.41, 5.74) is 0.518. The number of benzene rings is 1. The van der Waals surface area contributed by atoms with Gasteiger partial charge in [-0.2, -0.15) is 0 Å². The first-order chi connectivity index (χ1) is 13.7. The van der Waals surface area contributed by atoms with Crippen LogP contribution >= 0.6 is 23.4 Å². The minimum absolute atomic E-state index is 0.0361. The van der Waals surface area contributed by atoms with Gasteiger partial charge in [-0.25, -0.2) is 9.67 Å². The van der Waals surface area contributed by atoms with Crippen molar-refractivity contribution in [1.82, 2.24) is 29.8 Å². The van der Waals surface area contributed by atoms with Gasteiger partial charge in [0.2, 0.25) is 0 Å². The van der Waals surface area contributed by atoms with Gasteiger partial charge in [-0.1, -0.05) is 30.3 Å². The van der Waals surface area contributed by atoms with E-state index in [4.69, 9.17) is 21.3 Å². The molecule has 148 valence electrons. The van der Waals surface area contributed by atoms with Crippen molar-refractivity contribution >= 4 is 34.3 Å². The van der Waals surface area contributed by atoms with Crippen LogP contribution in [0.2, 0.25) is 5.02 Å². The zero-order chi connectivity index (χ0) is 19.5. The summed E-state index contributed by atoms with van der Waals surface area (Å²) in [5, 5.41) is 13.6. The highest BCUT2D eigenvalue weighted by atomic mass is 35.5. The molecule has 0 spiro atoms. The number of ether oxygens (including phenoxy) is 1. The summed E-state index contributed by atoms with van der Waals surface area (Å²) in [6.07, 6.45) is 2.95. The maximum Gasteiger partial charge on any atom is 0.262 e. The lowest BCUT2D eigenvalue weighted by Gasteiger charge is -2.16. The number of fused-ring (bicyclic) bond motifs is 1. The fourth-order valence-corrected chi connectivity index (χ4v) is 4.39. The van der Waals surface area contributed by atoms with Crippen molar-refractivity contribution in [2.45, 2.75) is 56.3 Å². The minimum Gasteiger partial charge on any atom is -0.376 e. The van der Waals surface area contributed by atoms with Gasteiger partial charge in [0.05, 0.1) is 29.3 Å². The average molecular weight is 421 g/mol. The van der Waals surface area contributed by atoms with E-state index < -0.39 is 0 Å². The lowest BCUT2D eigenvalue weighted by atomic mass is 10.2. The third-order valence-corrected chi connectivity index (χ3v) is 5.87. The van der Waals surface area contributed by atoms with Crippen molar-refractivity contribution in [2.75, 3.05) is 6.61 Å². The van der Waals surface area contributed by atoms with Crippen molar-refractivity contribution in [3.63, 3.8) is 0 Å². The number of halogens is 1. The number of hydrogen-bond donors (Lipinski definition) is 0. The Labute approximate surface area is 171 Å². The molecular formula is C18H21ClN6O2S. The Bertz CT molecular complexity index is 1030. The molecule has 4 rings (SSSR count). The van der Waals surface area contributed by atoms with E-state index in [2.05, 4.69) is 22.4 Å². The van der Waals surface area contributed by atoms with E-state index in [1.54, 1.807) is 27.4 Å². The van der Waals surface area contributed by atoms with Crippen LogP contribution in [0.5, 0.6) is 0 Å². The number of thioether (sulfide) groups is 1. The maximum atomic E-state index is 13.1. The van der Waals surface area contributed by atoms with Crippen molar-refractivity contribution in [3.05, 3.63) is 39.4 Å². The SMILES string of the molecule is CCCn1nnnc1CSc1nc2cc(Cl)ccc2c(=O)n1C[C@H]1CCCO1. The number of aryl methyl sites for hydroxylation is 1. The van der Waals surface area contributed by atoms with Gasteiger partial charge in [0, 0.05) is 18.2 Å². The third-order valence-electron chi connectivity index (χ3n) is 4.66. The molecular weight excluding hydrogens is 400 g/mol. The molecule has 1 aromatic carbocycles. The molecule has 10 heteroatoms. The van der Waals surface area contributed by atoms with E-state index in [0.717, 1.165) is 38.2 Å². The second-order valence-electron chi connectivity index (χ2n) is 6.71. The first-order valence-electron chi connectivity index (χ1n) is 9.35. The second kappa shape index (κ2) is 8.59. The fourth-order valence-electron chi connectivity index (χ4n) is 3.28. The normalized spacial score (nSPS) is 16.9. The minimum atomic E-state index is -0.0761. The second-order valence-corrected chi connectivity index (χ2v) is 8.09. The summed E-state index contributed by atoms with van der Waals surface area (Å²) in [6.45, 7) is 4.07. The Hall–Kier alpha value is -1.97. The van der Waals surface area contributed by atoms with Gasteiger partial charge in [0.15, 0.2) is 11.0 Å². The largest absolute Gasteiger partial charge is 0.376 e.